The van der Waals surface area contributed by atoms with Crippen molar-refractivity contribution in [2.24, 2.45) is 5.92 Å². The second kappa shape index (κ2) is 6.38. The van der Waals surface area contributed by atoms with Crippen molar-refractivity contribution in [3.8, 4) is 0 Å². The molecule has 0 spiro atoms. The number of aryl methyl sites for hydroxylation is 2. The molecule has 1 fully saturated rings. The summed E-state index contributed by atoms with van der Waals surface area (Å²) in [6.07, 6.45) is 7.05. The first-order chi connectivity index (χ1) is 8.74. The maximum absolute atomic E-state index is 3.75. The van der Waals surface area contributed by atoms with Crippen LogP contribution in [0.4, 0.5) is 0 Å². The summed E-state index contributed by atoms with van der Waals surface area (Å²) in [5.41, 5.74) is 4.46. The normalized spacial score (nSPS) is 18.8. The van der Waals surface area contributed by atoms with E-state index in [0.29, 0.717) is 6.04 Å². The predicted molar refractivity (Wildman–Crippen MR) is 78.9 cm³/mol. The minimum Gasteiger partial charge on any atom is -0.310 e. The van der Waals surface area contributed by atoms with E-state index in [-0.39, 0.29) is 0 Å². The van der Waals surface area contributed by atoms with Gasteiger partial charge in [0.2, 0.25) is 0 Å². The van der Waals surface area contributed by atoms with E-state index in [1.165, 1.54) is 43.2 Å². The summed E-state index contributed by atoms with van der Waals surface area (Å²) in [6.45, 7) is 7.81. The number of hydrogen-bond donors (Lipinski definition) is 1. The number of rotatable bonds is 4. The standard InChI is InChI=1S/C17H27N/c1-4-18-17(15-11-6-5-7-12-15)16-13(2)9-8-10-14(16)3/h8-10,15,17-18H,4-7,11-12H2,1-3H3. The Morgan fingerprint density at radius 2 is 1.72 bits per heavy atom. The zero-order valence-corrected chi connectivity index (χ0v) is 12.1. The molecule has 1 unspecified atom stereocenters. The van der Waals surface area contributed by atoms with Gasteiger partial charge in [0.15, 0.2) is 0 Å². The van der Waals surface area contributed by atoms with Gasteiger partial charge < -0.3 is 5.32 Å². The van der Waals surface area contributed by atoms with Crippen LogP contribution in [-0.2, 0) is 0 Å². The minimum absolute atomic E-state index is 0.566. The van der Waals surface area contributed by atoms with Gasteiger partial charge in [-0.05, 0) is 55.8 Å². The largest absolute Gasteiger partial charge is 0.310 e. The average Bonchev–Trinajstić information content (AvgIpc) is 2.38. The third kappa shape index (κ3) is 2.95. The molecular formula is C17H27N. The SMILES string of the molecule is CCNC(c1c(C)cccc1C)C1CCCCC1. The van der Waals surface area contributed by atoms with Gasteiger partial charge in [-0.2, -0.15) is 0 Å². The fraction of sp³-hybridized carbons (Fsp3) is 0.647. The van der Waals surface area contributed by atoms with Crippen LogP contribution in [0.25, 0.3) is 0 Å². The van der Waals surface area contributed by atoms with E-state index in [0.717, 1.165) is 12.5 Å². The smallest absolute Gasteiger partial charge is 0.0353 e. The molecule has 1 aliphatic rings. The molecule has 1 nitrogen and oxygen atoms in total. The molecule has 100 valence electrons. The Bertz CT molecular complexity index is 357. The molecule has 1 aromatic carbocycles. The lowest BCUT2D eigenvalue weighted by molar-refractivity contribution is 0.273. The molecule has 1 saturated carbocycles. The molecule has 0 heterocycles. The lowest BCUT2D eigenvalue weighted by Crippen LogP contribution is -2.30. The van der Waals surface area contributed by atoms with Crippen molar-refractivity contribution in [1.82, 2.24) is 5.32 Å². The van der Waals surface area contributed by atoms with Crippen molar-refractivity contribution in [3.05, 3.63) is 34.9 Å². The molecule has 1 aliphatic carbocycles. The lowest BCUT2D eigenvalue weighted by Gasteiger charge is -2.33. The van der Waals surface area contributed by atoms with E-state index in [1.54, 1.807) is 5.56 Å². The van der Waals surface area contributed by atoms with Crippen LogP contribution in [0.2, 0.25) is 0 Å². The molecule has 1 N–H and O–H groups in total. The third-order valence-corrected chi connectivity index (χ3v) is 4.40. The summed E-state index contributed by atoms with van der Waals surface area (Å²) in [4.78, 5) is 0. The molecule has 0 aliphatic heterocycles. The summed E-state index contributed by atoms with van der Waals surface area (Å²) in [6, 6.07) is 7.26. The summed E-state index contributed by atoms with van der Waals surface area (Å²) >= 11 is 0. The van der Waals surface area contributed by atoms with Gasteiger partial charge >= 0.3 is 0 Å². The number of hydrogen-bond acceptors (Lipinski definition) is 1. The van der Waals surface area contributed by atoms with Gasteiger partial charge in [0.25, 0.3) is 0 Å². The van der Waals surface area contributed by atoms with E-state index in [4.69, 9.17) is 0 Å². The molecule has 0 aromatic heterocycles. The van der Waals surface area contributed by atoms with Gasteiger partial charge in [0.1, 0.15) is 0 Å². The second-order valence-corrected chi connectivity index (χ2v) is 5.74. The number of benzene rings is 1. The van der Waals surface area contributed by atoms with Crippen LogP contribution in [0.5, 0.6) is 0 Å². The highest BCUT2D eigenvalue weighted by Gasteiger charge is 2.26. The van der Waals surface area contributed by atoms with Crippen molar-refractivity contribution in [3.63, 3.8) is 0 Å². The van der Waals surface area contributed by atoms with Crippen molar-refractivity contribution in [2.75, 3.05) is 6.54 Å². The van der Waals surface area contributed by atoms with Crippen molar-refractivity contribution >= 4 is 0 Å². The molecule has 1 aromatic rings. The van der Waals surface area contributed by atoms with Crippen LogP contribution >= 0.6 is 0 Å². The first kappa shape index (κ1) is 13.6. The quantitative estimate of drug-likeness (QED) is 0.821. The second-order valence-electron chi connectivity index (χ2n) is 5.74. The maximum atomic E-state index is 3.75. The highest BCUT2D eigenvalue weighted by Crippen LogP contribution is 2.36. The Morgan fingerprint density at radius 1 is 1.11 bits per heavy atom. The van der Waals surface area contributed by atoms with Gasteiger partial charge in [-0.3, -0.25) is 0 Å². The topological polar surface area (TPSA) is 12.0 Å². The van der Waals surface area contributed by atoms with Crippen molar-refractivity contribution < 1.29 is 0 Å². The highest BCUT2D eigenvalue weighted by atomic mass is 14.9. The zero-order chi connectivity index (χ0) is 13.0. The zero-order valence-electron chi connectivity index (χ0n) is 12.1. The van der Waals surface area contributed by atoms with E-state index >= 15 is 0 Å². The van der Waals surface area contributed by atoms with Crippen LogP contribution in [0, 0.1) is 19.8 Å². The molecule has 0 amide bonds. The van der Waals surface area contributed by atoms with Crippen LogP contribution in [0.1, 0.15) is 61.8 Å². The predicted octanol–water partition coefficient (Wildman–Crippen LogP) is 4.53. The van der Waals surface area contributed by atoms with Crippen molar-refractivity contribution in [1.29, 1.82) is 0 Å². The molecular weight excluding hydrogens is 218 g/mol. The first-order valence-electron chi connectivity index (χ1n) is 7.53. The van der Waals surface area contributed by atoms with Crippen LogP contribution in [0.15, 0.2) is 18.2 Å². The Balaban J connectivity index is 2.28. The van der Waals surface area contributed by atoms with Crippen LogP contribution in [0.3, 0.4) is 0 Å². The summed E-state index contributed by atoms with van der Waals surface area (Å²) in [7, 11) is 0. The molecule has 1 heteroatoms. The fourth-order valence-electron chi connectivity index (χ4n) is 3.51. The molecule has 18 heavy (non-hydrogen) atoms. The minimum atomic E-state index is 0.566. The van der Waals surface area contributed by atoms with E-state index in [2.05, 4.69) is 44.3 Å². The Kier molecular flexibility index (Phi) is 4.82. The van der Waals surface area contributed by atoms with Gasteiger partial charge in [0.05, 0.1) is 0 Å². The van der Waals surface area contributed by atoms with Crippen LogP contribution in [-0.4, -0.2) is 6.54 Å². The summed E-state index contributed by atoms with van der Waals surface area (Å²) in [5.74, 6) is 0.832. The molecule has 2 rings (SSSR count). The number of nitrogens with one attached hydrogen (secondary N) is 1. The van der Waals surface area contributed by atoms with Gasteiger partial charge in [-0.25, -0.2) is 0 Å². The fourth-order valence-corrected chi connectivity index (χ4v) is 3.51. The van der Waals surface area contributed by atoms with Crippen LogP contribution < -0.4 is 5.32 Å². The molecule has 0 radical (unpaired) electrons. The highest BCUT2D eigenvalue weighted by molar-refractivity contribution is 5.36. The van der Waals surface area contributed by atoms with E-state index < -0.39 is 0 Å². The first-order valence-corrected chi connectivity index (χ1v) is 7.53. The van der Waals surface area contributed by atoms with Gasteiger partial charge in [-0.1, -0.05) is 44.4 Å². The monoisotopic (exact) mass is 245 g/mol. The van der Waals surface area contributed by atoms with Gasteiger partial charge in [0, 0.05) is 6.04 Å². The lowest BCUT2D eigenvalue weighted by atomic mass is 9.79. The summed E-state index contributed by atoms with van der Waals surface area (Å²) < 4.78 is 0. The third-order valence-electron chi connectivity index (χ3n) is 4.40. The molecule has 0 saturated heterocycles. The molecule has 0 bridgehead atoms. The van der Waals surface area contributed by atoms with E-state index in [9.17, 15) is 0 Å². The Labute approximate surface area is 112 Å². The maximum Gasteiger partial charge on any atom is 0.0353 e. The Morgan fingerprint density at radius 3 is 2.28 bits per heavy atom. The Hall–Kier alpha value is -0.820. The average molecular weight is 245 g/mol. The van der Waals surface area contributed by atoms with Gasteiger partial charge in [-0.15, -0.1) is 0 Å². The molecule has 1 atom stereocenters. The van der Waals surface area contributed by atoms with Crippen molar-refractivity contribution in [2.45, 2.75) is 58.9 Å². The van der Waals surface area contributed by atoms with E-state index in [1.807, 2.05) is 0 Å². The summed E-state index contributed by atoms with van der Waals surface area (Å²) in [5, 5.41) is 3.75.